The van der Waals surface area contributed by atoms with E-state index in [0.717, 1.165) is 46.5 Å². The third-order valence-corrected chi connectivity index (χ3v) is 13.8. The van der Waals surface area contributed by atoms with Crippen LogP contribution in [0.25, 0.3) is 72.0 Å². The Labute approximate surface area is 367 Å². The fourth-order valence-electron chi connectivity index (χ4n) is 11.1. The Hall–Kier alpha value is -7.94. The van der Waals surface area contributed by atoms with E-state index >= 15 is 0 Å². The van der Waals surface area contributed by atoms with Crippen LogP contribution in [-0.4, -0.2) is 0 Å². The summed E-state index contributed by atoms with van der Waals surface area (Å²) < 4.78 is 6.55. The van der Waals surface area contributed by atoms with Gasteiger partial charge in [0, 0.05) is 27.8 Å². The predicted molar refractivity (Wildman–Crippen MR) is 262 cm³/mol. The van der Waals surface area contributed by atoms with Gasteiger partial charge in [0.1, 0.15) is 11.2 Å². The minimum Gasteiger partial charge on any atom is -0.456 e. The zero-order valence-corrected chi connectivity index (χ0v) is 34.6. The van der Waals surface area contributed by atoms with Crippen LogP contribution in [0, 0.1) is 0 Å². The first-order valence-corrected chi connectivity index (χ1v) is 22.1. The van der Waals surface area contributed by atoms with Gasteiger partial charge >= 0.3 is 0 Å². The molecule has 0 bridgehead atoms. The molecule has 0 amide bonds. The number of para-hydroxylation sites is 1. The maximum absolute atomic E-state index is 6.55. The van der Waals surface area contributed by atoms with Gasteiger partial charge in [-0.1, -0.05) is 176 Å². The minimum atomic E-state index is -0.493. The van der Waals surface area contributed by atoms with Crippen molar-refractivity contribution < 1.29 is 4.42 Å². The first-order chi connectivity index (χ1) is 31.3. The van der Waals surface area contributed by atoms with Gasteiger partial charge in [-0.3, -0.25) is 0 Å². The normalized spacial score (nSPS) is 15.7. The fourth-order valence-corrected chi connectivity index (χ4v) is 11.1. The first-order valence-electron chi connectivity index (χ1n) is 22.1. The van der Waals surface area contributed by atoms with E-state index in [2.05, 4.69) is 229 Å². The van der Waals surface area contributed by atoms with Gasteiger partial charge < -0.3 is 9.32 Å². The van der Waals surface area contributed by atoms with Crippen LogP contribution in [0.3, 0.4) is 0 Å². The van der Waals surface area contributed by atoms with Gasteiger partial charge in [-0.2, -0.15) is 0 Å². The third-order valence-electron chi connectivity index (χ3n) is 13.8. The molecule has 0 N–H and O–H groups in total. The van der Waals surface area contributed by atoms with Crippen LogP contribution in [0.15, 0.2) is 234 Å². The number of rotatable bonds is 6. The molecule has 3 aliphatic rings. The van der Waals surface area contributed by atoms with Gasteiger partial charge in [-0.15, -0.1) is 0 Å². The van der Waals surface area contributed by atoms with Crippen LogP contribution in [0.5, 0.6) is 0 Å². The van der Waals surface area contributed by atoms with Crippen LogP contribution in [-0.2, 0) is 5.41 Å². The molecule has 1 heterocycles. The highest BCUT2D eigenvalue weighted by atomic mass is 16.3. The van der Waals surface area contributed by atoms with Crippen molar-refractivity contribution in [2.75, 3.05) is 4.90 Å². The second-order valence-electron chi connectivity index (χ2n) is 17.0. The summed E-state index contributed by atoms with van der Waals surface area (Å²) in [5.41, 5.74) is 22.8. The molecule has 1 spiro atoms. The molecular weight excluding hydrogens is 763 g/mol. The molecular formula is C61H41NO. The number of allylic oxidation sites excluding steroid dienone is 4. The molecule has 3 aliphatic carbocycles. The molecule has 2 heteroatoms. The van der Waals surface area contributed by atoms with Crippen molar-refractivity contribution in [3.63, 3.8) is 0 Å². The molecule has 1 aromatic heterocycles. The summed E-state index contributed by atoms with van der Waals surface area (Å²) in [5, 5.41) is 2.37. The molecule has 9 aromatic carbocycles. The number of fused-ring (bicyclic) bond motifs is 13. The third kappa shape index (κ3) is 5.31. The second-order valence-corrected chi connectivity index (χ2v) is 17.0. The Morgan fingerprint density at radius 1 is 0.429 bits per heavy atom. The van der Waals surface area contributed by atoms with Gasteiger partial charge in [-0.05, 0) is 139 Å². The van der Waals surface area contributed by atoms with Crippen molar-refractivity contribution in [2.24, 2.45) is 0 Å². The van der Waals surface area contributed by atoms with E-state index in [9.17, 15) is 0 Å². The number of anilines is 3. The average Bonchev–Trinajstić information content (AvgIpc) is 3.99. The Bertz CT molecular complexity index is 3400. The van der Waals surface area contributed by atoms with Gasteiger partial charge in [0.25, 0.3) is 0 Å². The Balaban J connectivity index is 1.02. The van der Waals surface area contributed by atoms with Crippen molar-refractivity contribution in [3.05, 3.63) is 252 Å². The Kier molecular flexibility index (Phi) is 7.98. The number of furan rings is 1. The molecule has 13 rings (SSSR count). The molecule has 2 nitrogen and oxygen atoms in total. The lowest BCUT2D eigenvalue weighted by Crippen LogP contribution is -2.27. The lowest BCUT2D eigenvalue weighted by atomic mass is 9.67. The van der Waals surface area contributed by atoms with Crippen LogP contribution in [0.1, 0.15) is 35.1 Å². The molecule has 0 saturated carbocycles. The smallest absolute Gasteiger partial charge is 0.136 e. The molecule has 0 saturated heterocycles. The molecule has 1 unspecified atom stereocenters. The highest BCUT2D eigenvalue weighted by Gasteiger charge is 2.54. The van der Waals surface area contributed by atoms with Gasteiger partial charge in [0.2, 0.25) is 0 Å². The molecule has 296 valence electrons. The number of hydrogen-bond acceptors (Lipinski definition) is 2. The molecule has 0 radical (unpaired) electrons. The van der Waals surface area contributed by atoms with E-state index in [4.69, 9.17) is 4.42 Å². The zero-order valence-electron chi connectivity index (χ0n) is 34.6. The fraction of sp³-hybridized carbons (Fsp3) is 0.0492. The lowest BCUT2D eigenvalue weighted by molar-refractivity contribution is 0.668. The summed E-state index contributed by atoms with van der Waals surface area (Å²) in [6.45, 7) is 0. The summed E-state index contributed by atoms with van der Waals surface area (Å²) in [6.07, 6.45) is 6.89. The largest absolute Gasteiger partial charge is 0.456 e. The molecule has 0 aliphatic heterocycles. The van der Waals surface area contributed by atoms with E-state index in [-0.39, 0.29) is 0 Å². The van der Waals surface area contributed by atoms with Crippen molar-refractivity contribution in [1.82, 2.24) is 0 Å². The van der Waals surface area contributed by atoms with Crippen LogP contribution in [0.2, 0.25) is 0 Å². The first kappa shape index (κ1) is 35.8. The predicted octanol–water partition coefficient (Wildman–Crippen LogP) is 16.5. The maximum Gasteiger partial charge on any atom is 0.136 e. The van der Waals surface area contributed by atoms with Crippen LogP contribution >= 0.6 is 0 Å². The van der Waals surface area contributed by atoms with E-state index in [1.165, 1.54) is 83.3 Å². The Morgan fingerprint density at radius 2 is 1.03 bits per heavy atom. The molecule has 10 aromatic rings. The van der Waals surface area contributed by atoms with Crippen LogP contribution < -0.4 is 4.90 Å². The highest BCUT2D eigenvalue weighted by molar-refractivity contribution is 6.16. The van der Waals surface area contributed by atoms with Crippen LogP contribution in [0.4, 0.5) is 17.1 Å². The standard InChI is InChI=1S/C61H41NO/c1-3-15-40(16-4-1)42-29-33-45(34-30-42)62(46-35-31-43(32-36-46)41-17-5-2-6-18-41)47-20-13-19-44(39-47)48-24-14-25-50-49-21-7-10-26-53(49)61(60(48)50)54-27-11-8-22-51(54)58-55(61)37-38-57-59(58)52-23-9-12-28-56(52)63-57/h1-6,8-20,22-39H,7,21H2. The van der Waals surface area contributed by atoms with E-state index < -0.39 is 5.41 Å². The average molecular weight is 804 g/mol. The van der Waals surface area contributed by atoms with Crippen molar-refractivity contribution in [2.45, 2.75) is 18.3 Å². The topological polar surface area (TPSA) is 16.4 Å². The van der Waals surface area contributed by atoms with Crippen molar-refractivity contribution >= 4 is 44.6 Å². The van der Waals surface area contributed by atoms with E-state index in [1.807, 2.05) is 0 Å². The number of benzene rings is 9. The van der Waals surface area contributed by atoms with Gasteiger partial charge in [0.05, 0.1) is 5.41 Å². The summed E-state index contributed by atoms with van der Waals surface area (Å²) in [4.78, 5) is 2.40. The van der Waals surface area contributed by atoms with E-state index in [0.29, 0.717) is 0 Å². The second kappa shape index (κ2) is 14.1. The zero-order chi connectivity index (χ0) is 41.5. The summed E-state index contributed by atoms with van der Waals surface area (Å²) in [6, 6.07) is 77.7. The Morgan fingerprint density at radius 3 is 1.78 bits per heavy atom. The van der Waals surface area contributed by atoms with Gasteiger partial charge in [0.15, 0.2) is 0 Å². The maximum atomic E-state index is 6.55. The van der Waals surface area contributed by atoms with Crippen molar-refractivity contribution in [3.8, 4) is 44.5 Å². The quantitative estimate of drug-likeness (QED) is 0.166. The van der Waals surface area contributed by atoms with Crippen molar-refractivity contribution in [1.29, 1.82) is 0 Å². The van der Waals surface area contributed by atoms with E-state index in [1.54, 1.807) is 0 Å². The lowest BCUT2D eigenvalue weighted by Gasteiger charge is -2.34. The highest BCUT2D eigenvalue weighted by Crippen LogP contribution is 2.66. The summed E-state index contributed by atoms with van der Waals surface area (Å²) >= 11 is 0. The monoisotopic (exact) mass is 803 g/mol. The minimum absolute atomic E-state index is 0.493. The summed E-state index contributed by atoms with van der Waals surface area (Å²) in [5.74, 6) is 0. The molecule has 0 fully saturated rings. The SMILES string of the molecule is C1=CC2=C(CC1)c1cccc(-c3cccc(N(c4ccc(-c5ccccc5)cc4)c4ccc(-c5ccccc5)cc4)c3)c1C21c2ccccc2-c2c1ccc1oc3ccccc3c21. The molecule has 1 atom stereocenters. The number of nitrogens with zero attached hydrogens (tertiary/aromatic N) is 1. The van der Waals surface area contributed by atoms with Gasteiger partial charge in [-0.25, -0.2) is 0 Å². The number of hydrogen-bond donors (Lipinski definition) is 0. The molecule has 63 heavy (non-hydrogen) atoms. The summed E-state index contributed by atoms with van der Waals surface area (Å²) in [7, 11) is 0.